The fourth-order valence-corrected chi connectivity index (χ4v) is 1.56. The maximum absolute atomic E-state index is 11.6. The highest BCUT2D eigenvalue weighted by Crippen LogP contribution is 2.10. The third-order valence-electron chi connectivity index (χ3n) is 2.74. The van der Waals surface area contributed by atoms with E-state index in [-0.39, 0.29) is 17.7 Å². The van der Waals surface area contributed by atoms with Gasteiger partial charge >= 0.3 is 5.97 Å². The zero-order chi connectivity index (χ0) is 13.1. The predicted octanol–water partition coefficient (Wildman–Crippen LogP) is 3.51. The third kappa shape index (κ3) is 8.90. The zero-order valence-electron chi connectivity index (χ0n) is 11.5. The van der Waals surface area contributed by atoms with E-state index in [1.54, 1.807) is 6.92 Å². The molecule has 0 saturated heterocycles. The summed E-state index contributed by atoms with van der Waals surface area (Å²) in [5.41, 5.74) is 0. The van der Waals surface area contributed by atoms with Gasteiger partial charge in [0, 0.05) is 12.8 Å². The molecule has 0 aromatic heterocycles. The van der Waals surface area contributed by atoms with Crippen molar-refractivity contribution in [2.24, 2.45) is 5.92 Å². The quantitative estimate of drug-likeness (QED) is 0.435. The maximum atomic E-state index is 11.6. The highest BCUT2D eigenvalue weighted by molar-refractivity contribution is 5.84. The van der Waals surface area contributed by atoms with Gasteiger partial charge in [-0.3, -0.25) is 9.59 Å². The lowest BCUT2D eigenvalue weighted by Crippen LogP contribution is -2.18. The van der Waals surface area contributed by atoms with Gasteiger partial charge in [0.25, 0.3) is 0 Å². The van der Waals surface area contributed by atoms with Crippen molar-refractivity contribution in [2.75, 3.05) is 6.61 Å². The van der Waals surface area contributed by atoms with Crippen molar-refractivity contribution in [3.05, 3.63) is 0 Å². The van der Waals surface area contributed by atoms with Crippen molar-refractivity contribution in [1.29, 1.82) is 0 Å². The van der Waals surface area contributed by atoms with Crippen molar-refractivity contribution < 1.29 is 14.3 Å². The Kier molecular flexibility index (Phi) is 9.78. The van der Waals surface area contributed by atoms with Crippen LogP contribution in [0.2, 0.25) is 0 Å². The predicted molar refractivity (Wildman–Crippen MR) is 68.8 cm³/mol. The van der Waals surface area contributed by atoms with Crippen molar-refractivity contribution in [1.82, 2.24) is 0 Å². The summed E-state index contributed by atoms with van der Waals surface area (Å²) < 4.78 is 5.08. The molecule has 0 aromatic carbocycles. The summed E-state index contributed by atoms with van der Waals surface area (Å²) in [4.78, 5) is 23.1. The summed E-state index contributed by atoms with van der Waals surface area (Å²) in [6, 6.07) is 0. The van der Waals surface area contributed by atoms with Crippen molar-refractivity contribution in [2.45, 2.75) is 65.7 Å². The van der Waals surface area contributed by atoms with Crippen molar-refractivity contribution in [3.63, 3.8) is 0 Å². The Hall–Kier alpha value is -0.860. The second-order valence-corrected chi connectivity index (χ2v) is 4.62. The Labute approximate surface area is 105 Å². The molecule has 0 heterocycles. The van der Waals surface area contributed by atoms with E-state index in [1.807, 2.05) is 0 Å². The first-order valence-corrected chi connectivity index (χ1v) is 6.80. The molecule has 0 bridgehead atoms. The molecule has 1 unspecified atom stereocenters. The molecule has 3 heteroatoms. The molecule has 0 aromatic rings. The second kappa shape index (κ2) is 10.3. The first-order chi connectivity index (χ1) is 8.11. The van der Waals surface area contributed by atoms with E-state index in [1.165, 1.54) is 0 Å². The van der Waals surface area contributed by atoms with Crippen LogP contribution >= 0.6 is 0 Å². The van der Waals surface area contributed by atoms with Gasteiger partial charge in [-0.25, -0.2) is 0 Å². The van der Waals surface area contributed by atoms with Gasteiger partial charge in [-0.05, 0) is 12.8 Å². The van der Waals surface area contributed by atoms with Gasteiger partial charge in [-0.15, -0.1) is 0 Å². The van der Waals surface area contributed by atoms with Crippen LogP contribution in [0.5, 0.6) is 0 Å². The van der Waals surface area contributed by atoms with Gasteiger partial charge in [0.15, 0.2) is 0 Å². The Morgan fingerprint density at radius 2 is 1.71 bits per heavy atom. The number of ether oxygens (including phenoxy) is 1. The monoisotopic (exact) mass is 242 g/mol. The van der Waals surface area contributed by atoms with E-state index in [0.29, 0.717) is 19.4 Å². The van der Waals surface area contributed by atoms with Crippen LogP contribution in [0.3, 0.4) is 0 Å². The largest absolute Gasteiger partial charge is 0.465 e. The summed E-state index contributed by atoms with van der Waals surface area (Å²) in [5.74, 6) is -0.346. The third-order valence-corrected chi connectivity index (χ3v) is 2.74. The number of unbranched alkanes of at least 4 members (excludes halogenated alkanes) is 3. The average molecular weight is 242 g/mol. The summed E-state index contributed by atoms with van der Waals surface area (Å²) in [6.45, 7) is 6.41. The number of hydrogen-bond acceptors (Lipinski definition) is 3. The van der Waals surface area contributed by atoms with Crippen LogP contribution < -0.4 is 0 Å². The molecule has 0 N–H and O–H groups in total. The topological polar surface area (TPSA) is 43.4 Å². The average Bonchev–Trinajstić information content (AvgIpc) is 2.29. The summed E-state index contributed by atoms with van der Waals surface area (Å²) in [6.07, 6.45) is 5.96. The Morgan fingerprint density at radius 3 is 2.29 bits per heavy atom. The fourth-order valence-electron chi connectivity index (χ4n) is 1.56. The highest BCUT2D eigenvalue weighted by Gasteiger charge is 2.17. The minimum Gasteiger partial charge on any atom is -0.465 e. The van der Waals surface area contributed by atoms with Crippen molar-refractivity contribution in [3.8, 4) is 0 Å². The van der Waals surface area contributed by atoms with Crippen LogP contribution in [0.25, 0.3) is 0 Å². The van der Waals surface area contributed by atoms with Crippen LogP contribution in [-0.2, 0) is 14.3 Å². The van der Waals surface area contributed by atoms with E-state index in [9.17, 15) is 9.59 Å². The fraction of sp³-hybridized carbons (Fsp3) is 0.857. The second-order valence-electron chi connectivity index (χ2n) is 4.62. The van der Waals surface area contributed by atoms with Gasteiger partial charge in [0.2, 0.25) is 0 Å². The molecule has 0 aliphatic heterocycles. The lowest BCUT2D eigenvalue weighted by molar-refractivity contribution is -0.149. The zero-order valence-corrected chi connectivity index (χ0v) is 11.5. The molecule has 1 atom stereocenters. The number of Topliss-reactive ketones (excluding diaryl/α,β-unsaturated/α-hetero) is 1. The molecule has 0 aliphatic carbocycles. The Morgan fingerprint density at radius 1 is 1.06 bits per heavy atom. The number of esters is 1. The number of ketones is 1. The van der Waals surface area contributed by atoms with E-state index in [0.717, 1.165) is 32.1 Å². The molecule has 0 amide bonds. The molecule has 0 fully saturated rings. The molecule has 17 heavy (non-hydrogen) atoms. The first-order valence-electron chi connectivity index (χ1n) is 6.80. The van der Waals surface area contributed by atoms with Gasteiger partial charge in [0.05, 0.1) is 12.5 Å². The Bertz CT molecular complexity index is 224. The molecule has 0 aliphatic rings. The highest BCUT2D eigenvalue weighted by atomic mass is 16.5. The summed E-state index contributed by atoms with van der Waals surface area (Å²) >= 11 is 0. The lowest BCUT2D eigenvalue weighted by Gasteiger charge is -2.10. The van der Waals surface area contributed by atoms with Crippen molar-refractivity contribution >= 4 is 11.8 Å². The van der Waals surface area contributed by atoms with Gasteiger partial charge in [0.1, 0.15) is 5.78 Å². The molecular formula is C14H26O3. The van der Waals surface area contributed by atoms with E-state index >= 15 is 0 Å². The molecule has 3 nitrogen and oxygen atoms in total. The normalized spacial score (nSPS) is 12.2. The van der Waals surface area contributed by atoms with Crippen LogP contribution in [0, 0.1) is 5.92 Å². The minimum atomic E-state index is -0.291. The molecule has 0 rings (SSSR count). The number of carbonyl (C=O) groups is 2. The Balaban J connectivity index is 3.71. The summed E-state index contributed by atoms with van der Waals surface area (Å²) in [5, 5.41) is 0. The van der Waals surface area contributed by atoms with Gasteiger partial charge < -0.3 is 4.74 Å². The van der Waals surface area contributed by atoms with Crippen LogP contribution in [-0.4, -0.2) is 18.4 Å². The van der Waals surface area contributed by atoms with Gasteiger partial charge in [-0.1, -0.05) is 40.0 Å². The molecule has 100 valence electrons. The number of carbonyl (C=O) groups excluding carboxylic acids is 2. The van der Waals surface area contributed by atoms with Crippen LogP contribution in [0.4, 0.5) is 0 Å². The van der Waals surface area contributed by atoms with E-state index < -0.39 is 0 Å². The lowest BCUT2D eigenvalue weighted by atomic mass is 10.0. The minimum absolute atomic E-state index is 0.179. The maximum Gasteiger partial charge on any atom is 0.309 e. The standard InChI is InChI=1S/C14H26O3/c1-4-6-8-9-13(15)11-12(3)14(16)17-10-7-5-2/h12H,4-11H2,1-3H3. The van der Waals surface area contributed by atoms with Crippen LogP contribution in [0.15, 0.2) is 0 Å². The molecule has 0 spiro atoms. The SMILES string of the molecule is CCCCCC(=O)CC(C)C(=O)OCCCC. The molecule has 0 saturated carbocycles. The van der Waals surface area contributed by atoms with E-state index in [4.69, 9.17) is 4.74 Å². The van der Waals surface area contributed by atoms with Gasteiger partial charge in [-0.2, -0.15) is 0 Å². The first kappa shape index (κ1) is 16.1. The number of rotatable bonds is 10. The van der Waals surface area contributed by atoms with E-state index in [2.05, 4.69) is 13.8 Å². The molecular weight excluding hydrogens is 216 g/mol. The number of hydrogen-bond donors (Lipinski definition) is 0. The smallest absolute Gasteiger partial charge is 0.309 e. The van der Waals surface area contributed by atoms with Crippen LogP contribution in [0.1, 0.15) is 65.7 Å². The molecule has 0 radical (unpaired) electrons. The summed E-state index contributed by atoms with van der Waals surface area (Å²) in [7, 11) is 0.